The molecule has 0 spiro atoms. The summed E-state index contributed by atoms with van der Waals surface area (Å²) in [5.41, 5.74) is 7.40. The van der Waals surface area contributed by atoms with Crippen molar-refractivity contribution >= 4 is 51.7 Å². The molecule has 0 aliphatic rings. The summed E-state index contributed by atoms with van der Waals surface area (Å²) in [5, 5.41) is 12.4. The molecule has 1 amide bonds. The maximum absolute atomic E-state index is 10.5. The Labute approximate surface area is 392 Å². The molecule has 10 rings (SSSR count). The summed E-state index contributed by atoms with van der Waals surface area (Å²) in [4.78, 5) is 37.8. The number of carbonyl (C=O) groups excluding carboxylic acids is 1. The van der Waals surface area contributed by atoms with Gasteiger partial charge in [-0.2, -0.15) is 9.97 Å². The van der Waals surface area contributed by atoms with Crippen molar-refractivity contribution in [3.8, 4) is 34.6 Å². The molecule has 6 aromatic carbocycles. The number of amides is 1. The maximum Gasteiger partial charge on any atom is 0.225 e. The van der Waals surface area contributed by atoms with E-state index < -0.39 is 0 Å². The number of nitrogens with one attached hydrogen (secondary N) is 4. The average molecular weight is 899 g/mol. The van der Waals surface area contributed by atoms with Gasteiger partial charge in [0.15, 0.2) is 0 Å². The molecule has 0 saturated carbocycles. The van der Waals surface area contributed by atoms with Gasteiger partial charge in [-0.25, -0.2) is 19.9 Å². The highest BCUT2D eigenvalue weighted by Crippen LogP contribution is 2.30. The monoisotopic (exact) mass is 898 g/mol. The van der Waals surface area contributed by atoms with Gasteiger partial charge in [-0.15, -0.1) is 0 Å². The maximum atomic E-state index is 10.5. The molecule has 0 aliphatic carbocycles. The Morgan fingerprint density at radius 3 is 1.54 bits per heavy atom. The molecule has 15 heteroatoms. The van der Waals surface area contributed by atoms with Gasteiger partial charge in [0.2, 0.25) is 18.3 Å². The minimum absolute atomic E-state index is 0.0685. The number of fused-ring (bicyclic) bond motifs is 2. The van der Waals surface area contributed by atoms with Crippen molar-refractivity contribution in [2.45, 2.75) is 25.9 Å². The van der Waals surface area contributed by atoms with E-state index in [9.17, 15) is 4.79 Å². The summed E-state index contributed by atoms with van der Waals surface area (Å²) >= 11 is 0. The van der Waals surface area contributed by atoms with Crippen molar-refractivity contribution in [1.82, 2.24) is 39.0 Å². The SMILES string of the molecule is C=CNc1ccc(Oc2ccc3ncn(-c4ccnc(N[C@@H](C)c5ccccc5)n4)c3c2)cc1.C[C@H](Nc1nccc(-n2cnc3cc(Oc4ccc(NC=O)cc4)ccc32)n1)c1ccccc1. The van der Waals surface area contributed by atoms with E-state index >= 15 is 0 Å². The molecule has 0 bridgehead atoms. The zero-order chi connectivity index (χ0) is 46.7. The van der Waals surface area contributed by atoms with Crippen LogP contribution >= 0.6 is 0 Å². The van der Waals surface area contributed by atoms with Crippen LogP contribution in [0.5, 0.6) is 23.0 Å². The van der Waals surface area contributed by atoms with Crippen LogP contribution in [0.3, 0.4) is 0 Å². The molecule has 4 N–H and O–H groups in total. The van der Waals surface area contributed by atoms with Gasteiger partial charge >= 0.3 is 0 Å². The van der Waals surface area contributed by atoms with Crippen molar-refractivity contribution in [3.05, 3.63) is 207 Å². The Morgan fingerprint density at radius 2 is 1.00 bits per heavy atom. The van der Waals surface area contributed by atoms with E-state index in [0.29, 0.717) is 47.1 Å². The number of aromatic nitrogens is 8. The summed E-state index contributed by atoms with van der Waals surface area (Å²) in [6.45, 7) is 7.83. The standard InChI is InChI=1S/C27H24N6O.C26H22N6O2/c1-3-28-21-9-11-22(12-10-21)34-23-13-14-24-25(17-23)33(18-30-24)26-15-16-29-27(32-26)31-19(2)20-7-5-4-6-8-20;1-18(19-5-3-2-4-6-19)30-26-27-14-13-25(31-26)32-16-28-23-15-22(11-12-24(23)32)34-21-9-7-20(8-10-21)29-17-33/h3-19,28H,1H2,2H3,(H,29,31,32);2-18H,1H3,(H,29,33)(H,27,30,31)/t19-;18-/m00/s1. The van der Waals surface area contributed by atoms with E-state index in [1.165, 1.54) is 5.56 Å². The first-order chi connectivity index (χ1) is 33.4. The number of hydrogen-bond donors (Lipinski definition) is 4. The minimum atomic E-state index is 0.0685. The topological polar surface area (TPSA) is 171 Å². The van der Waals surface area contributed by atoms with Crippen LogP contribution in [0.15, 0.2) is 196 Å². The van der Waals surface area contributed by atoms with Gasteiger partial charge in [0.25, 0.3) is 0 Å². The Bertz CT molecular complexity index is 3270. The second-order valence-electron chi connectivity index (χ2n) is 15.4. The quantitative estimate of drug-likeness (QED) is 0.0678. The molecule has 0 unspecified atom stereocenters. The van der Waals surface area contributed by atoms with Gasteiger partial charge in [-0.05, 0) is 116 Å². The van der Waals surface area contributed by atoms with Gasteiger partial charge in [-0.3, -0.25) is 13.9 Å². The van der Waals surface area contributed by atoms with Crippen LogP contribution in [-0.4, -0.2) is 45.4 Å². The number of benzene rings is 6. The lowest BCUT2D eigenvalue weighted by Crippen LogP contribution is -2.10. The van der Waals surface area contributed by atoms with Gasteiger partial charge in [0.05, 0.1) is 34.2 Å². The number of imidazole rings is 2. The Morgan fingerprint density at radius 1 is 0.515 bits per heavy atom. The Balaban J connectivity index is 0.000000170. The first-order valence-corrected chi connectivity index (χ1v) is 21.8. The molecule has 4 heterocycles. The lowest BCUT2D eigenvalue weighted by atomic mass is 10.1. The number of rotatable bonds is 16. The van der Waals surface area contributed by atoms with E-state index in [-0.39, 0.29) is 12.1 Å². The number of carbonyl (C=O) groups is 1. The van der Waals surface area contributed by atoms with Crippen molar-refractivity contribution in [3.63, 3.8) is 0 Å². The molecule has 0 aliphatic heterocycles. The second-order valence-corrected chi connectivity index (χ2v) is 15.4. The zero-order valence-electron chi connectivity index (χ0n) is 37.1. The fourth-order valence-electron chi connectivity index (χ4n) is 7.31. The van der Waals surface area contributed by atoms with Crippen molar-refractivity contribution < 1.29 is 14.3 Å². The molecule has 0 saturated heterocycles. The fraction of sp³-hybridized carbons (Fsp3) is 0.0755. The third kappa shape index (κ3) is 10.6. The minimum Gasteiger partial charge on any atom is -0.457 e. The van der Waals surface area contributed by atoms with Crippen molar-refractivity contribution in [2.24, 2.45) is 0 Å². The van der Waals surface area contributed by atoms with Gasteiger partial charge < -0.3 is 30.7 Å². The number of ether oxygens (including phenoxy) is 2. The van der Waals surface area contributed by atoms with E-state index in [0.717, 1.165) is 44.9 Å². The molecule has 0 fully saturated rings. The molecular weight excluding hydrogens is 853 g/mol. The van der Waals surface area contributed by atoms with Crippen LogP contribution in [0, 0.1) is 0 Å². The van der Waals surface area contributed by atoms with Crippen LogP contribution in [0.4, 0.5) is 23.3 Å². The highest BCUT2D eigenvalue weighted by Gasteiger charge is 2.13. The normalized spacial score (nSPS) is 11.7. The smallest absolute Gasteiger partial charge is 0.225 e. The van der Waals surface area contributed by atoms with Gasteiger partial charge in [0, 0.05) is 35.9 Å². The number of hydrogen-bond acceptors (Lipinski definition) is 12. The summed E-state index contributed by atoms with van der Waals surface area (Å²) in [6, 6.07) is 50.5. The predicted octanol–water partition coefficient (Wildman–Crippen LogP) is 11.7. The summed E-state index contributed by atoms with van der Waals surface area (Å²) < 4.78 is 15.8. The second kappa shape index (κ2) is 20.6. The first kappa shape index (κ1) is 43.9. The highest BCUT2D eigenvalue weighted by molar-refractivity contribution is 5.80. The molecule has 336 valence electrons. The molecular formula is C53H46N12O3. The van der Waals surface area contributed by atoms with Crippen molar-refractivity contribution in [1.29, 1.82) is 0 Å². The molecule has 2 atom stereocenters. The van der Waals surface area contributed by atoms with Crippen LogP contribution in [-0.2, 0) is 4.79 Å². The van der Waals surface area contributed by atoms with E-state index in [4.69, 9.17) is 14.5 Å². The largest absolute Gasteiger partial charge is 0.457 e. The summed E-state index contributed by atoms with van der Waals surface area (Å²) in [5.74, 6) is 5.31. The summed E-state index contributed by atoms with van der Waals surface area (Å²) in [6.07, 6.45) is 9.25. The van der Waals surface area contributed by atoms with Gasteiger partial charge in [0.1, 0.15) is 47.3 Å². The molecule has 10 aromatic rings. The number of nitrogens with zero attached hydrogens (tertiary/aromatic N) is 8. The van der Waals surface area contributed by atoms with Crippen LogP contribution < -0.4 is 30.7 Å². The fourth-order valence-corrected chi connectivity index (χ4v) is 7.31. The van der Waals surface area contributed by atoms with Crippen LogP contribution in [0.25, 0.3) is 33.7 Å². The lowest BCUT2D eigenvalue weighted by molar-refractivity contribution is -0.105. The Kier molecular flexibility index (Phi) is 13.3. The third-order valence-electron chi connectivity index (χ3n) is 10.8. The van der Waals surface area contributed by atoms with E-state index in [2.05, 4.69) is 90.9 Å². The van der Waals surface area contributed by atoms with E-state index in [1.54, 1.807) is 55.5 Å². The zero-order valence-corrected chi connectivity index (χ0v) is 37.1. The van der Waals surface area contributed by atoms with Crippen LogP contribution in [0.1, 0.15) is 37.1 Å². The van der Waals surface area contributed by atoms with Crippen LogP contribution in [0.2, 0.25) is 0 Å². The summed E-state index contributed by atoms with van der Waals surface area (Å²) in [7, 11) is 0. The average Bonchev–Trinajstić information content (AvgIpc) is 4.01. The molecule has 0 radical (unpaired) electrons. The van der Waals surface area contributed by atoms with Gasteiger partial charge in [-0.1, -0.05) is 67.2 Å². The number of anilines is 4. The van der Waals surface area contributed by atoms with Crippen molar-refractivity contribution in [2.75, 3.05) is 21.3 Å². The predicted molar refractivity (Wildman–Crippen MR) is 267 cm³/mol. The lowest BCUT2D eigenvalue weighted by Gasteiger charge is -2.14. The molecule has 15 nitrogen and oxygen atoms in total. The molecule has 4 aromatic heterocycles. The molecule has 68 heavy (non-hydrogen) atoms. The highest BCUT2D eigenvalue weighted by atomic mass is 16.5. The Hall–Kier alpha value is -9.37. The van der Waals surface area contributed by atoms with E-state index in [1.807, 2.05) is 118 Å². The first-order valence-electron chi connectivity index (χ1n) is 21.8. The third-order valence-corrected chi connectivity index (χ3v) is 10.8.